The molecule has 1 amide bonds. The number of primary amides is 1. The summed E-state index contributed by atoms with van der Waals surface area (Å²) in [6, 6.07) is 3.79. The molecule has 6 nitrogen and oxygen atoms in total. The Kier molecular flexibility index (Phi) is 4.75. The average Bonchev–Trinajstić information content (AvgIpc) is 2.45. The Labute approximate surface area is 136 Å². The van der Waals surface area contributed by atoms with E-state index in [4.69, 9.17) is 10.5 Å². The van der Waals surface area contributed by atoms with Crippen LogP contribution < -0.4 is 5.73 Å². The Morgan fingerprint density at radius 3 is 2.59 bits per heavy atom. The van der Waals surface area contributed by atoms with E-state index in [9.17, 15) is 9.59 Å². The summed E-state index contributed by atoms with van der Waals surface area (Å²) in [5, 5.41) is 9.26. The number of benzene rings is 1. The highest BCUT2D eigenvalue weighted by molar-refractivity contribution is 9.09. The number of fused-ring (bicyclic) bond motifs is 1. The first-order valence-corrected chi connectivity index (χ1v) is 7.66. The zero-order chi connectivity index (χ0) is 16.4. The van der Waals surface area contributed by atoms with E-state index >= 15 is 0 Å². The van der Waals surface area contributed by atoms with Gasteiger partial charge in [-0.1, -0.05) is 27.6 Å². The van der Waals surface area contributed by atoms with Gasteiger partial charge in [0.15, 0.2) is 5.69 Å². The molecule has 0 aliphatic heterocycles. The molecule has 7 heteroatoms. The molecule has 0 saturated heterocycles. The number of amides is 1. The Bertz CT molecular complexity index is 761. The minimum atomic E-state index is -0.778. The van der Waals surface area contributed by atoms with Gasteiger partial charge in [-0.2, -0.15) is 5.10 Å². The number of halogens is 1. The van der Waals surface area contributed by atoms with Gasteiger partial charge in [0.05, 0.1) is 12.3 Å². The molecule has 1 aromatic carbocycles. The normalized spacial score (nSPS) is 12.2. The van der Waals surface area contributed by atoms with Crippen LogP contribution in [0, 0.1) is 13.8 Å². The highest BCUT2D eigenvalue weighted by atomic mass is 79.9. The Morgan fingerprint density at radius 2 is 2.00 bits per heavy atom. The van der Waals surface area contributed by atoms with Crippen molar-refractivity contribution in [1.29, 1.82) is 0 Å². The van der Waals surface area contributed by atoms with Crippen molar-refractivity contribution in [3.8, 4) is 0 Å². The summed E-state index contributed by atoms with van der Waals surface area (Å²) < 4.78 is 5.02. The van der Waals surface area contributed by atoms with Gasteiger partial charge in [-0.15, -0.1) is 5.10 Å². The SMILES string of the molecule is CCOC(=O)c1nnc(C(Br)C(N)=O)c2cc(C)cc(C)c12. The second-order valence-corrected chi connectivity index (χ2v) is 5.84. The van der Waals surface area contributed by atoms with Crippen molar-refractivity contribution in [3.05, 3.63) is 34.6 Å². The van der Waals surface area contributed by atoms with Crippen LogP contribution in [0.1, 0.15) is 39.1 Å². The average molecular weight is 366 g/mol. The van der Waals surface area contributed by atoms with Crippen molar-refractivity contribution in [1.82, 2.24) is 10.2 Å². The van der Waals surface area contributed by atoms with Crippen molar-refractivity contribution in [2.75, 3.05) is 6.61 Å². The first-order chi connectivity index (χ1) is 10.4. The number of nitrogens with zero attached hydrogens (tertiary/aromatic N) is 2. The molecule has 1 aromatic heterocycles. The third-order valence-electron chi connectivity index (χ3n) is 3.21. The molecule has 116 valence electrons. The minimum Gasteiger partial charge on any atom is -0.461 e. The number of hydrogen-bond acceptors (Lipinski definition) is 5. The summed E-state index contributed by atoms with van der Waals surface area (Å²) in [4.78, 5) is 22.8. The molecule has 1 atom stereocenters. The fourth-order valence-electron chi connectivity index (χ4n) is 2.36. The van der Waals surface area contributed by atoms with E-state index in [1.807, 2.05) is 26.0 Å². The highest BCUT2D eigenvalue weighted by Gasteiger charge is 2.24. The molecule has 0 aliphatic carbocycles. The molecule has 0 aliphatic rings. The van der Waals surface area contributed by atoms with Gasteiger partial charge in [0, 0.05) is 10.8 Å². The standard InChI is InChI=1S/C15H16BrN3O3/c1-4-22-15(21)13-10-8(3)5-7(2)6-9(10)12(18-19-13)11(16)14(17)20/h5-6,11H,4H2,1-3H3,(H2,17,20). The van der Waals surface area contributed by atoms with Crippen molar-refractivity contribution in [3.63, 3.8) is 0 Å². The molecule has 0 bridgehead atoms. The number of alkyl halides is 1. The van der Waals surface area contributed by atoms with Gasteiger partial charge in [-0.05, 0) is 32.4 Å². The monoisotopic (exact) mass is 365 g/mol. The van der Waals surface area contributed by atoms with E-state index in [2.05, 4.69) is 26.1 Å². The Balaban J connectivity index is 2.80. The molecule has 1 unspecified atom stereocenters. The second kappa shape index (κ2) is 6.39. The molecular weight excluding hydrogens is 350 g/mol. The topological polar surface area (TPSA) is 95.2 Å². The number of aryl methyl sites for hydroxylation is 2. The summed E-state index contributed by atoms with van der Waals surface area (Å²) in [5.74, 6) is -1.11. The van der Waals surface area contributed by atoms with E-state index in [1.54, 1.807) is 6.92 Å². The Morgan fingerprint density at radius 1 is 1.32 bits per heavy atom. The van der Waals surface area contributed by atoms with Crippen LogP contribution in [0.5, 0.6) is 0 Å². The van der Waals surface area contributed by atoms with Gasteiger partial charge in [-0.25, -0.2) is 4.79 Å². The molecule has 0 saturated carbocycles. The lowest BCUT2D eigenvalue weighted by atomic mass is 9.99. The second-order valence-electron chi connectivity index (χ2n) is 4.92. The molecule has 1 heterocycles. The molecule has 22 heavy (non-hydrogen) atoms. The summed E-state index contributed by atoms with van der Waals surface area (Å²) >= 11 is 3.22. The van der Waals surface area contributed by atoms with Gasteiger partial charge >= 0.3 is 5.97 Å². The fourth-order valence-corrected chi connectivity index (χ4v) is 2.69. The summed E-state index contributed by atoms with van der Waals surface area (Å²) in [7, 11) is 0. The number of esters is 1. The van der Waals surface area contributed by atoms with Gasteiger partial charge in [0.2, 0.25) is 5.91 Å². The predicted molar refractivity (Wildman–Crippen MR) is 85.8 cm³/mol. The van der Waals surface area contributed by atoms with Crippen LogP contribution in [0.15, 0.2) is 12.1 Å². The van der Waals surface area contributed by atoms with Gasteiger partial charge in [-0.3, -0.25) is 4.79 Å². The third-order valence-corrected chi connectivity index (χ3v) is 4.09. The lowest BCUT2D eigenvalue weighted by molar-refractivity contribution is -0.117. The van der Waals surface area contributed by atoms with E-state index in [1.165, 1.54) is 0 Å². The van der Waals surface area contributed by atoms with Crippen LogP contribution in [-0.2, 0) is 9.53 Å². The van der Waals surface area contributed by atoms with Gasteiger partial charge in [0.25, 0.3) is 0 Å². The van der Waals surface area contributed by atoms with E-state index in [-0.39, 0.29) is 12.3 Å². The minimum absolute atomic E-state index is 0.141. The molecule has 0 radical (unpaired) electrons. The quantitative estimate of drug-likeness (QED) is 0.662. The lowest BCUT2D eigenvalue weighted by Crippen LogP contribution is -2.19. The predicted octanol–water partition coefficient (Wildman–Crippen LogP) is 2.34. The zero-order valence-electron chi connectivity index (χ0n) is 12.5. The highest BCUT2D eigenvalue weighted by Crippen LogP contribution is 2.31. The van der Waals surface area contributed by atoms with E-state index in [0.29, 0.717) is 16.5 Å². The maximum absolute atomic E-state index is 12.1. The van der Waals surface area contributed by atoms with Crippen molar-refractivity contribution < 1.29 is 14.3 Å². The maximum atomic E-state index is 12.1. The summed E-state index contributed by atoms with van der Waals surface area (Å²) in [6.45, 7) is 5.77. The van der Waals surface area contributed by atoms with E-state index in [0.717, 1.165) is 11.1 Å². The molecule has 0 spiro atoms. The fraction of sp³-hybridized carbons (Fsp3) is 0.333. The molecule has 2 rings (SSSR count). The van der Waals surface area contributed by atoms with Crippen LogP contribution >= 0.6 is 15.9 Å². The number of carbonyl (C=O) groups excluding carboxylic acids is 2. The largest absolute Gasteiger partial charge is 0.461 e. The first kappa shape index (κ1) is 16.4. The summed E-state index contributed by atoms with van der Waals surface area (Å²) in [5.41, 5.74) is 7.71. The molecule has 2 aromatic rings. The number of rotatable bonds is 4. The first-order valence-electron chi connectivity index (χ1n) is 6.74. The molecule has 0 fully saturated rings. The number of ether oxygens (including phenoxy) is 1. The van der Waals surface area contributed by atoms with Crippen LogP contribution in [0.4, 0.5) is 0 Å². The van der Waals surface area contributed by atoms with Gasteiger partial charge < -0.3 is 10.5 Å². The van der Waals surface area contributed by atoms with Crippen LogP contribution in [-0.4, -0.2) is 28.7 Å². The summed E-state index contributed by atoms with van der Waals surface area (Å²) in [6.07, 6.45) is 0. The smallest absolute Gasteiger partial charge is 0.359 e. The van der Waals surface area contributed by atoms with Crippen LogP contribution in [0.3, 0.4) is 0 Å². The number of hydrogen-bond donors (Lipinski definition) is 1. The number of carbonyl (C=O) groups is 2. The molecular formula is C15H16BrN3O3. The van der Waals surface area contributed by atoms with Crippen molar-refractivity contribution in [2.45, 2.75) is 25.6 Å². The molecule has 2 N–H and O–H groups in total. The van der Waals surface area contributed by atoms with Crippen molar-refractivity contribution >= 4 is 38.6 Å². The van der Waals surface area contributed by atoms with Crippen LogP contribution in [0.25, 0.3) is 10.8 Å². The lowest BCUT2D eigenvalue weighted by Gasteiger charge is -2.13. The number of aromatic nitrogens is 2. The van der Waals surface area contributed by atoms with Gasteiger partial charge in [0.1, 0.15) is 4.83 Å². The van der Waals surface area contributed by atoms with Crippen LogP contribution in [0.2, 0.25) is 0 Å². The van der Waals surface area contributed by atoms with E-state index < -0.39 is 16.7 Å². The van der Waals surface area contributed by atoms with Crippen molar-refractivity contribution in [2.24, 2.45) is 5.73 Å². The Hall–Kier alpha value is -2.02. The third kappa shape index (κ3) is 2.94. The zero-order valence-corrected chi connectivity index (χ0v) is 14.1. The number of nitrogens with two attached hydrogens (primary N) is 1. The maximum Gasteiger partial charge on any atom is 0.359 e.